The minimum absolute atomic E-state index is 0.0100. The highest BCUT2D eigenvalue weighted by atomic mass is 16.6. The second kappa shape index (κ2) is 45.6. The van der Waals surface area contributed by atoms with Gasteiger partial charge in [0.25, 0.3) is 23.6 Å². The Kier molecular flexibility index (Phi) is 34.0. The van der Waals surface area contributed by atoms with Gasteiger partial charge in [0, 0.05) is 154 Å². The van der Waals surface area contributed by atoms with E-state index >= 15 is 0 Å². The number of aliphatic hydroxyl groups is 3. The maximum atomic E-state index is 14.8. The van der Waals surface area contributed by atoms with E-state index in [1.165, 1.54) is 19.3 Å². The van der Waals surface area contributed by atoms with Gasteiger partial charge in [-0.05, 0) is 167 Å². The van der Waals surface area contributed by atoms with Gasteiger partial charge >= 0.3 is 12.1 Å². The number of benzene rings is 2. The summed E-state index contributed by atoms with van der Waals surface area (Å²) in [5, 5.41) is 43.2. The zero-order chi connectivity index (χ0) is 94.9. The number of amides is 4. The van der Waals surface area contributed by atoms with Crippen molar-refractivity contribution in [3.63, 3.8) is 0 Å². The molecule has 36 heteroatoms. The Morgan fingerprint density at radius 2 is 1.56 bits per heavy atom. The number of methoxy groups -OCH3 is 2. The van der Waals surface area contributed by atoms with Gasteiger partial charge < -0.3 is 89.4 Å². The summed E-state index contributed by atoms with van der Waals surface area (Å²) in [4.78, 5) is 155. The second-order valence-electron chi connectivity index (χ2n) is 36.8. The van der Waals surface area contributed by atoms with Gasteiger partial charge in [-0.2, -0.15) is 10.1 Å². The van der Waals surface area contributed by atoms with Crippen LogP contribution in [0.4, 0.5) is 22.6 Å². The van der Waals surface area contributed by atoms with Crippen LogP contribution >= 0.6 is 0 Å². The molecule has 5 fully saturated rings. The average molecular weight is 1840 g/mol. The van der Waals surface area contributed by atoms with E-state index in [1.807, 2.05) is 88.7 Å². The number of anilines is 3. The molecule has 2 bridgehead atoms. The molecule has 4 aromatic heterocycles. The quantitative estimate of drug-likeness (QED) is 0.0104. The molecular weight excluding hydrogens is 1710 g/mol. The largest absolute Gasteiger partial charge is 0.460 e. The normalized spacial score (nSPS) is 28.1. The number of cyclic esters (lactones) is 1. The van der Waals surface area contributed by atoms with Crippen molar-refractivity contribution in [3.8, 4) is 11.3 Å². The molecule has 7 aliphatic rings. The highest BCUT2D eigenvalue weighted by molar-refractivity contribution is 6.39. The minimum Gasteiger partial charge on any atom is -0.460 e. The van der Waals surface area contributed by atoms with Crippen LogP contribution in [-0.4, -0.2) is 295 Å². The second-order valence-corrected chi connectivity index (χ2v) is 36.8. The molecule has 716 valence electrons. The summed E-state index contributed by atoms with van der Waals surface area (Å²) < 4.78 is 43.7. The van der Waals surface area contributed by atoms with Crippen LogP contribution in [0.15, 0.2) is 129 Å². The lowest BCUT2D eigenvalue weighted by Gasteiger charge is -2.42. The Balaban J connectivity index is 0.527. The third-order valence-corrected chi connectivity index (χ3v) is 27.1. The first kappa shape index (κ1) is 99.1. The number of ether oxygens (including phenoxy) is 6. The molecule has 1 saturated carbocycles. The van der Waals surface area contributed by atoms with Gasteiger partial charge in [-0.15, -0.1) is 0 Å². The van der Waals surface area contributed by atoms with Crippen LogP contribution in [0.2, 0.25) is 0 Å². The van der Waals surface area contributed by atoms with E-state index < -0.39 is 108 Å². The van der Waals surface area contributed by atoms with Crippen molar-refractivity contribution >= 4 is 99.7 Å². The molecule has 133 heavy (non-hydrogen) atoms. The van der Waals surface area contributed by atoms with Gasteiger partial charge in [-0.1, -0.05) is 89.3 Å². The maximum Gasteiger partial charge on any atom is 0.407 e. The van der Waals surface area contributed by atoms with Gasteiger partial charge in [0.15, 0.2) is 17.0 Å². The Morgan fingerprint density at radius 3 is 2.32 bits per heavy atom. The van der Waals surface area contributed by atoms with E-state index in [2.05, 4.69) is 68.9 Å². The summed E-state index contributed by atoms with van der Waals surface area (Å²) in [6.45, 7) is 25.5. The number of aromatic nitrogens is 7. The van der Waals surface area contributed by atoms with Crippen LogP contribution in [-0.2, 0) is 76.7 Å². The Labute approximate surface area is 775 Å². The van der Waals surface area contributed by atoms with Crippen molar-refractivity contribution in [3.05, 3.63) is 137 Å². The zero-order valence-corrected chi connectivity index (χ0v) is 78.1. The number of Topliss-reactive ketones (excluding diaryl/α,β-unsaturated/α-hetero) is 3. The van der Waals surface area contributed by atoms with Crippen molar-refractivity contribution < 1.29 is 86.5 Å². The molecule has 1 aliphatic carbocycles. The first-order valence-corrected chi connectivity index (χ1v) is 46.6. The number of fused-ring (bicyclic) bond motifs is 6. The van der Waals surface area contributed by atoms with Crippen LogP contribution in [0.5, 0.6) is 0 Å². The number of carbonyl (C=O) groups excluding carboxylic acids is 8. The number of nitrogens with two attached hydrogens (primary N) is 2. The molecule has 6 aliphatic heterocycles. The van der Waals surface area contributed by atoms with Crippen LogP contribution in [0.3, 0.4) is 0 Å². The van der Waals surface area contributed by atoms with Crippen LogP contribution in [0.1, 0.15) is 166 Å². The number of aliphatic hydroxyl groups excluding tert-OH is 2. The summed E-state index contributed by atoms with van der Waals surface area (Å²) in [5.41, 5.74) is 20.8. The fourth-order valence-electron chi connectivity index (χ4n) is 19.0. The number of nitrogen functional groups attached to an aromatic ring is 2. The number of piperidine rings is 1. The van der Waals surface area contributed by atoms with Crippen LogP contribution < -0.4 is 21.7 Å². The molecule has 13 rings (SSSR count). The van der Waals surface area contributed by atoms with Crippen LogP contribution in [0.25, 0.3) is 33.4 Å². The topological polar surface area (TPSA) is 456 Å². The predicted octanol–water partition coefficient (Wildman–Crippen LogP) is 8.74. The third kappa shape index (κ3) is 24.8. The van der Waals surface area contributed by atoms with Gasteiger partial charge in [0.2, 0.25) is 23.6 Å². The van der Waals surface area contributed by atoms with Crippen molar-refractivity contribution in [2.24, 2.45) is 45.5 Å². The van der Waals surface area contributed by atoms with E-state index in [0.29, 0.717) is 193 Å². The summed E-state index contributed by atoms with van der Waals surface area (Å²) in [6.07, 6.45) is 14.8. The number of hydrogen-bond acceptors (Lipinski definition) is 29. The predicted molar refractivity (Wildman–Crippen MR) is 499 cm³/mol. The number of alkyl carbamates (subject to hydrolysis) is 1. The van der Waals surface area contributed by atoms with Crippen molar-refractivity contribution in [2.75, 3.05) is 122 Å². The molecule has 0 unspecified atom stereocenters. The number of aliphatic imine (C=N–C) groups is 2. The summed E-state index contributed by atoms with van der Waals surface area (Å²) in [6, 6.07) is 10.6. The number of nitrogens with one attached hydrogen (secondary N) is 1. The summed E-state index contributed by atoms with van der Waals surface area (Å²) in [7, 11) is 3.10. The molecule has 4 saturated heterocycles. The van der Waals surface area contributed by atoms with E-state index in [9.17, 15) is 53.7 Å². The van der Waals surface area contributed by atoms with Gasteiger partial charge in [-0.25, -0.2) is 44.2 Å². The number of carbonyl (C=O) groups is 8. The molecule has 4 amide bonds. The van der Waals surface area contributed by atoms with E-state index in [4.69, 9.17) is 49.4 Å². The number of allylic oxidation sites excluding steroid dienone is 6. The van der Waals surface area contributed by atoms with E-state index in [1.54, 1.807) is 66.6 Å². The average Bonchev–Trinajstić information content (AvgIpc) is 1.72. The Morgan fingerprint density at radius 1 is 0.797 bits per heavy atom. The van der Waals surface area contributed by atoms with Crippen molar-refractivity contribution in [1.29, 1.82) is 0 Å². The number of rotatable bonds is 20. The number of oxazole rings is 1. The van der Waals surface area contributed by atoms with Gasteiger partial charge in [0.1, 0.15) is 59.6 Å². The number of guanidine groups is 1. The third-order valence-electron chi connectivity index (χ3n) is 27.1. The molecule has 0 spiro atoms. The first-order valence-electron chi connectivity index (χ1n) is 46.6. The highest BCUT2D eigenvalue weighted by Crippen LogP contribution is 2.40. The molecule has 6 aromatic rings. The lowest BCUT2D eigenvalue weighted by Crippen LogP contribution is -2.61. The van der Waals surface area contributed by atoms with Crippen molar-refractivity contribution in [2.45, 2.75) is 213 Å². The monoisotopic (exact) mass is 1830 g/mol. The number of nitrogens with zero attached hydrogens (tertiary/aromatic N) is 15. The maximum absolute atomic E-state index is 14.8. The van der Waals surface area contributed by atoms with Crippen LogP contribution in [0, 0.1) is 35.5 Å². The Bertz CT molecular complexity index is 5340. The fourth-order valence-corrected chi connectivity index (χ4v) is 19.0. The molecule has 36 nitrogen and oxygen atoms in total. The lowest BCUT2D eigenvalue weighted by molar-refractivity contribution is -0.265. The number of esters is 1. The SMILES string of the molecule is C=N/C(=N\C=C(/C)CNC(=O)O[C@@H]1CC[C@@H](C[C@@H](C)[C@@H]2CC(=O)[C@H](C)/C=C(\C)[C@@H](O)[C@@H](O)C(=O)[C@H](C)C[C@H](C)/C=C/C=C/C=C(\C)[C@@H](OC)C[C@@H]3CC[C@@H](C)[C@@](O)(O3)C(=O)C(=O)N3CCCC[C@H]3C(=O)O2)C[C@H]1OC)N1CCN(C(=O)CCOCCN2CCN(c3ncc(C(=O)N4CCc5cc(Cn6nc(-c7ccc8oc(N)nc8c7)c7c(N)ncnc76)ccc5C4)cn3)CC2)CC1. The summed E-state index contributed by atoms with van der Waals surface area (Å²) >= 11 is 0. The number of hydrogen-bond donors (Lipinski definition) is 6. The minimum atomic E-state index is -2.50. The molecular formula is C97H130N18O18. The fraction of sp³-hybridized carbons (Fsp3) is 0.567. The number of piperazine rings is 2. The van der Waals surface area contributed by atoms with Crippen molar-refractivity contribution in [1.82, 2.24) is 64.5 Å². The first-order chi connectivity index (χ1) is 63.9. The standard InChI is InChI=1S/C97H130N18O18/c1-58-17-13-12-14-18-60(3)78(127-10)49-72-25-20-65(8)97(126,133-72)87(121)91(123)114-30-16-15-19-74(114)92(124)130-79(50-75(116)61(4)44-64(7)85(119)86(120)84(118)63(6)43-58)62(5)45-66-22-26-77(80(47-66)128-11)132-96(125)104-52-59(2)51-101-94(100-9)111-38-36-110(37-39-111)81(117)29-41-129-42-40-109-32-34-112(35-33-109)95-102-53-71(54-103-95)90(122)113-31-28-68-46-67(21-23-70(68)56-113)55-115-89-82(88(98)105-57-106-89)83(108-115)69-24-27-76-73(48-69)107-93(99)131-76/h12-14,17-18,21,23-24,27,44,46,48,51,53-54,57-58,61-63,65-66,72,74,77-80,85-86,119-120,126H,9,15-16,19-20,22,25-26,28-43,45,47,49-50,52,55-56H2,1-8,10-11H3,(H2,99,107)(H,104,125)(H2,98,105,106)/b14-12+,17-13+,59-51+,60-18+,64-44+,101-94+/t58-,61-,62-,63-,65-,66+,72+,74+,77-,78+,79+,80-,85-,86+,97-/m1/s1. The van der Waals surface area contributed by atoms with Gasteiger partial charge in [-0.3, -0.25) is 33.7 Å². The van der Waals surface area contributed by atoms with E-state index in [-0.39, 0.29) is 86.4 Å². The number of ketones is 3. The Hall–Kier alpha value is -11.4. The summed E-state index contributed by atoms with van der Waals surface area (Å²) in [5.74, 6) is -8.33. The molecule has 0 radical (unpaired) electrons. The molecule has 2 aromatic carbocycles. The molecule has 15 atom stereocenters. The van der Waals surface area contributed by atoms with Gasteiger partial charge in [0.05, 0.1) is 55.4 Å². The van der Waals surface area contributed by atoms with E-state index in [0.717, 1.165) is 45.8 Å². The molecule has 8 N–H and O–H groups in total. The lowest BCUT2D eigenvalue weighted by atomic mass is 9.78. The smallest absolute Gasteiger partial charge is 0.407 e. The zero-order valence-electron chi connectivity index (χ0n) is 78.1. The highest BCUT2D eigenvalue weighted by Gasteiger charge is 2.53. The molecule has 10 heterocycles.